The minimum absolute atomic E-state index is 1.03. The molecule has 0 radical (unpaired) electrons. The summed E-state index contributed by atoms with van der Waals surface area (Å²) in [6, 6.07) is 35.3. The Bertz CT molecular complexity index is 1930. The van der Waals surface area contributed by atoms with E-state index in [0.717, 1.165) is 71.1 Å². The number of rotatable bonds is 0. The molecule has 0 N–H and O–H groups in total. The van der Waals surface area contributed by atoms with E-state index in [1.807, 2.05) is 0 Å². The van der Waals surface area contributed by atoms with Gasteiger partial charge in [-0.3, -0.25) is 0 Å². The van der Waals surface area contributed by atoms with Crippen molar-refractivity contribution in [3.63, 3.8) is 0 Å². The summed E-state index contributed by atoms with van der Waals surface area (Å²) in [5, 5.41) is 21.2. The number of hydrogen-bond donors (Lipinski definition) is 0. The molecule has 0 fully saturated rings. The van der Waals surface area contributed by atoms with Gasteiger partial charge in [0.2, 0.25) is 0 Å². The molecule has 12 bridgehead atoms. The van der Waals surface area contributed by atoms with Crippen LogP contribution in [0.5, 0.6) is 0 Å². The predicted octanol–water partition coefficient (Wildman–Crippen LogP) is 10.5. The van der Waals surface area contributed by atoms with Gasteiger partial charge in [0.1, 0.15) is 10.1 Å². The zero-order chi connectivity index (χ0) is 30.5. The lowest BCUT2D eigenvalue weighted by molar-refractivity contribution is 0.816. The van der Waals surface area contributed by atoms with Crippen LogP contribution in [-0.4, -0.2) is 20.4 Å². The van der Waals surface area contributed by atoms with Crippen molar-refractivity contribution < 1.29 is 0 Å². The smallest absolute Gasteiger partial charge is 0.127 e. The van der Waals surface area contributed by atoms with Gasteiger partial charge in [0.15, 0.2) is 0 Å². The summed E-state index contributed by atoms with van der Waals surface area (Å²) < 4.78 is 0. The minimum Gasteiger partial charge on any atom is -0.150 e. The molecule has 0 saturated heterocycles. The van der Waals surface area contributed by atoms with Crippen molar-refractivity contribution in [3.05, 3.63) is 119 Å². The summed E-state index contributed by atoms with van der Waals surface area (Å²) in [5.74, 6) is 0. The molecular formula is C38H28N4S4. The molecule has 0 amide bonds. The number of benzene rings is 4. The topological polar surface area (TPSA) is 51.6 Å². The van der Waals surface area contributed by atoms with Crippen LogP contribution in [0.25, 0.3) is 22.5 Å². The van der Waals surface area contributed by atoms with Crippen LogP contribution in [0.15, 0.2) is 136 Å². The molecule has 224 valence electrons. The van der Waals surface area contributed by atoms with Crippen LogP contribution >= 0.6 is 47.0 Å². The van der Waals surface area contributed by atoms with Crippen molar-refractivity contribution in [1.29, 1.82) is 0 Å². The Morgan fingerprint density at radius 3 is 1.00 bits per heavy atom. The largest absolute Gasteiger partial charge is 0.150 e. The van der Waals surface area contributed by atoms with Crippen LogP contribution in [0, 0.1) is 0 Å². The summed E-state index contributed by atoms with van der Waals surface area (Å²) in [6.07, 6.45) is 6.54. The highest BCUT2D eigenvalue weighted by molar-refractivity contribution is 8.00. The Hall–Kier alpha value is -3.56. The Kier molecular flexibility index (Phi) is 7.62. The summed E-state index contributed by atoms with van der Waals surface area (Å²) in [6.45, 7) is 0. The molecule has 2 aliphatic carbocycles. The summed E-state index contributed by atoms with van der Waals surface area (Å²) in [4.78, 5) is 7.23. The number of nitrogens with zero attached hydrogens (tertiary/aromatic N) is 4. The van der Waals surface area contributed by atoms with Crippen molar-refractivity contribution in [2.24, 2.45) is 0 Å². The maximum Gasteiger partial charge on any atom is 0.127 e. The second kappa shape index (κ2) is 12.2. The molecule has 8 heteroatoms. The van der Waals surface area contributed by atoms with Crippen molar-refractivity contribution in [2.75, 3.05) is 0 Å². The van der Waals surface area contributed by atoms with Crippen LogP contribution in [0.4, 0.5) is 0 Å². The SMILES string of the molecule is c1cc2ccc1Sc1ccc(cc1)-c1nnc(c3c1CCC3)-c1ccc(cc1)Sc1ccc(cc1)Sc1nnc(c3c1CCC3)S2. The minimum atomic E-state index is 1.03. The van der Waals surface area contributed by atoms with Gasteiger partial charge in [-0.25, -0.2) is 0 Å². The van der Waals surface area contributed by atoms with Crippen LogP contribution in [-0.2, 0) is 25.7 Å². The first-order valence-corrected chi connectivity index (χ1v) is 18.9. The van der Waals surface area contributed by atoms with E-state index in [1.54, 1.807) is 47.0 Å². The zero-order valence-electron chi connectivity index (χ0n) is 24.9. The van der Waals surface area contributed by atoms with Crippen LogP contribution in [0.1, 0.15) is 35.1 Å². The van der Waals surface area contributed by atoms with Crippen LogP contribution in [0.3, 0.4) is 0 Å². The van der Waals surface area contributed by atoms with Crippen molar-refractivity contribution in [2.45, 2.75) is 77.9 Å². The van der Waals surface area contributed by atoms with Crippen LogP contribution in [0.2, 0.25) is 0 Å². The number of aromatic nitrogens is 4. The quantitative estimate of drug-likeness (QED) is 0.158. The van der Waals surface area contributed by atoms with Gasteiger partial charge in [-0.05, 0) is 134 Å². The average Bonchev–Trinajstić information content (AvgIpc) is 3.79. The van der Waals surface area contributed by atoms with Crippen molar-refractivity contribution >= 4 is 47.0 Å². The van der Waals surface area contributed by atoms with Crippen LogP contribution < -0.4 is 0 Å². The van der Waals surface area contributed by atoms with Crippen molar-refractivity contribution in [1.82, 2.24) is 20.4 Å². The first kappa shape index (κ1) is 28.6. The first-order valence-electron chi connectivity index (χ1n) is 15.6. The highest BCUT2D eigenvalue weighted by Gasteiger charge is 2.24. The summed E-state index contributed by atoms with van der Waals surface area (Å²) in [7, 11) is 0. The molecule has 46 heavy (non-hydrogen) atoms. The fourth-order valence-electron chi connectivity index (χ4n) is 6.55. The molecule has 2 aromatic heterocycles. The molecule has 0 atom stereocenters. The van der Waals surface area contributed by atoms with Gasteiger partial charge in [-0.1, -0.05) is 71.3 Å². The van der Waals surface area contributed by atoms with E-state index in [-0.39, 0.29) is 0 Å². The standard InChI is InChI=1S/C38H28N4S4/c1-3-31-32(4-1)36-24-9-13-26(14-10-24)44-28-17-21-30(22-18-28)46-38-34-6-2-5-33(34)37(41-42-38)45-29-19-15-27(16-20-29)43-25-11-7-23(8-12-25)35(31)39-40-36/h7-22H,1-6H2. The zero-order valence-corrected chi connectivity index (χ0v) is 28.2. The molecule has 11 aliphatic rings. The lowest BCUT2D eigenvalue weighted by Crippen LogP contribution is -2.00. The molecular weight excluding hydrogens is 641 g/mol. The van der Waals surface area contributed by atoms with Gasteiger partial charge < -0.3 is 0 Å². The monoisotopic (exact) mass is 668 g/mol. The van der Waals surface area contributed by atoms with Gasteiger partial charge in [0.25, 0.3) is 0 Å². The average molecular weight is 669 g/mol. The number of fused-ring (bicyclic) bond motifs is 2. The Balaban J connectivity index is 1.09. The molecule has 6 aromatic rings. The molecule has 0 unspecified atom stereocenters. The lowest BCUT2D eigenvalue weighted by atomic mass is 9.99. The van der Waals surface area contributed by atoms with Crippen molar-refractivity contribution in [3.8, 4) is 22.5 Å². The van der Waals surface area contributed by atoms with Gasteiger partial charge in [-0.15, -0.1) is 20.4 Å². The maximum absolute atomic E-state index is 4.80. The lowest BCUT2D eigenvalue weighted by Gasteiger charge is -2.13. The third-order valence-corrected chi connectivity index (χ3v) is 12.9. The third-order valence-electron chi connectivity index (χ3n) is 8.81. The van der Waals surface area contributed by atoms with E-state index >= 15 is 0 Å². The Morgan fingerprint density at radius 1 is 0.326 bits per heavy atom. The molecule has 9 aliphatic heterocycles. The number of hydrogen-bond acceptors (Lipinski definition) is 8. The van der Waals surface area contributed by atoms with E-state index in [0.29, 0.717) is 0 Å². The first-order chi connectivity index (χ1) is 22.7. The van der Waals surface area contributed by atoms with E-state index < -0.39 is 0 Å². The van der Waals surface area contributed by atoms with E-state index in [2.05, 4.69) is 97.1 Å². The summed E-state index contributed by atoms with van der Waals surface area (Å²) in [5.41, 5.74) is 9.77. The normalized spacial score (nSPS) is 15.0. The van der Waals surface area contributed by atoms with E-state index in [1.165, 1.54) is 51.6 Å². The highest BCUT2D eigenvalue weighted by atomic mass is 32.2. The van der Waals surface area contributed by atoms with E-state index in [4.69, 9.17) is 20.4 Å². The second-order valence-corrected chi connectivity index (χ2v) is 16.1. The van der Waals surface area contributed by atoms with E-state index in [9.17, 15) is 0 Å². The molecule has 4 nitrogen and oxygen atoms in total. The molecule has 0 saturated carbocycles. The summed E-state index contributed by atoms with van der Waals surface area (Å²) >= 11 is 7.03. The third kappa shape index (κ3) is 5.55. The molecule has 4 aromatic carbocycles. The maximum atomic E-state index is 4.80. The predicted molar refractivity (Wildman–Crippen MR) is 188 cm³/mol. The molecule has 0 spiro atoms. The molecule has 17 rings (SSSR count). The fourth-order valence-corrected chi connectivity index (χ4v) is 10.0. The van der Waals surface area contributed by atoms with Gasteiger partial charge in [-0.2, -0.15) is 0 Å². The second-order valence-electron chi connectivity index (χ2n) is 11.7. The van der Waals surface area contributed by atoms with Gasteiger partial charge >= 0.3 is 0 Å². The highest BCUT2D eigenvalue weighted by Crippen LogP contribution is 2.42. The molecule has 11 heterocycles. The van der Waals surface area contributed by atoms with Gasteiger partial charge in [0, 0.05) is 40.5 Å². The Morgan fingerprint density at radius 2 is 0.630 bits per heavy atom. The Labute approximate surface area is 285 Å². The fraction of sp³-hybridized carbons (Fsp3) is 0.158. The van der Waals surface area contributed by atoms with Gasteiger partial charge in [0.05, 0.1) is 11.4 Å².